The van der Waals surface area contributed by atoms with Crippen LogP contribution in [-0.2, 0) is 28.3 Å². The average Bonchev–Trinajstić information content (AvgIpc) is 2.37. The van der Waals surface area contributed by atoms with E-state index in [-0.39, 0.29) is 12.4 Å². The number of hydrogen-bond donors (Lipinski definition) is 0. The molecule has 0 bridgehead atoms. The van der Waals surface area contributed by atoms with Gasteiger partial charge in [0.25, 0.3) is 0 Å². The zero-order valence-corrected chi connectivity index (χ0v) is 10.7. The van der Waals surface area contributed by atoms with E-state index in [2.05, 4.69) is 10.8 Å². The number of halogens is 1. The normalized spacial score (nSPS) is 9.76. The van der Waals surface area contributed by atoms with E-state index >= 15 is 0 Å². The first kappa shape index (κ1) is 13.5. The summed E-state index contributed by atoms with van der Waals surface area (Å²) in [5.74, 6) is 0.0163. The summed E-state index contributed by atoms with van der Waals surface area (Å²) < 4.78 is 4.65. The smallest absolute Gasteiger partial charge is 0.309 e. The van der Waals surface area contributed by atoms with E-state index in [1.54, 1.807) is 6.07 Å². The molecule has 0 fully saturated rings. The van der Waals surface area contributed by atoms with Gasteiger partial charge in [0.2, 0.25) is 0 Å². The predicted molar refractivity (Wildman–Crippen MR) is 65.8 cm³/mol. The minimum Gasteiger partial charge on any atom is -0.469 e. The number of carbonyl (C=O) groups excluding carboxylic acids is 1. The number of hydrogen-bond acceptors (Lipinski definition) is 3. The van der Waals surface area contributed by atoms with Crippen LogP contribution in [0.3, 0.4) is 0 Å². The summed E-state index contributed by atoms with van der Waals surface area (Å²) in [5.41, 5.74) is 3.16. The van der Waals surface area contributed by atoms with Gasteiger partial charge in [-0.2, -0.15) is 5.26 Å². The van der Waals surface area contributed by atoms with Gasteiger partial charge in [-0.3, -0.25) is 4.79 Å². The number of rotatable bonds is 4. The van der Waals surface area contributed by atoms with Crippen LogP contribution >= 0.6 is 11.6 Å². The van der Waals surface area contributed by atoms with Crippen molar-refractivity contribution < 1.29 is 9.53 Å². The van der Waals surface area contributed by atoms with E-state index in [0.717, 1.165) is 16.7 Å². The van der Waals surface area contributed by atoms with Gasteiger partial charge in [0, 0.05) is 5.88 Å². The Morgan fingerprint density at radius 3 is 2.71 bits per heavy atom. The Morgan fingerprint density at radius 2 is 2.24 bits per heavy atom. The third-order valence-electron chi connectivity index (χ3n) is 2.59. The summed E-state index contributed by atoms with van der Waals surface area (Å²) in [5, 5.41) is 9.08. The fourth-order valence-corrected chi connectivity index (χ4v) is 1.93. The van der Waals surface area contributed by atoms with E-state index in [1.165, 1.54) is 7.11 Å². The van der Waals surface area contributed by atoms with E-state index < -0.39 is 0 Å². The summed E-state index contributed by atoms with van der Waals surface area (Å²) in [7, 11) is 1.35. The molecule has 1 aromatic rings. The summed E-state index contributed by atoms with van der Waals surface area (Å²) in [6.07, 6.45) is 0.886. The first-order chi connectivity index (χ1) is 8.15. The Morgan fingerprint density at radius 1 is 1.53 bits per heavy atom. The fourth-order valence-electron chi connectivity index (χ4n) is 1.78. The lowest BCUT2D eigenvalue weighted by Crippen LogP contribution is -2.08. The SMILES string of the molecule is CCc1c(C#N)cc(CCl)cc1CC(=O)OC. The van der Waals surface area contributed by atoms with Crippen molar-refractivity contribution in [3.05, 3.63) is 34.4 Å². The second kappa shape index (κ2) is 6.27. The van der Waals surface area contributed by atoms with E-state index in [0.29, 0.717) is 17.9 Å². The first-order valence-electron chi connectivity index (χ1n) is 5.33. The molecule has 0 spiro atoms. The average molecular weight is 252 g/mol. The molecule has 0 aliphatic heterocycles. The van der Waals surface area contributed by atoms with Crippen molar-refractivity contribution in [3.8, 4) is 6.07 Å². The number of esters is 1. The molecule has 1 aromatic carbocycles. The standard InChI is InChI=1S/C13H14ClNO2/c1-3-12-10(6-13(16)17-2)4-9(7-14)5-11(12)8-15/h4-5H,3,6-7H2,1-2H3. The van der Waals surface area contributed by atoms with Gasteiger partial charge < -0.3 is 4.74 Å². The van der Waals surface area contributed by atoms with Gasteiger partial charge >= 0.3 is 5.97 Å². The highest BCUT2D eigenvalue weighted by atomic mass is 35.5. The van der Waals surface area contributed by atoms with Crippen molar-refractivity contribution in [2.75, 3.05) is 7.11 Å². The van der Waals surface area contributed by atoms with Crippen LogP contribution in [-0.4, -0.2) is 13.1 Å². The molecule has 0 saturated carbocycles. The molecule has 4 heteroatoms. The lowest BCUT2D eigenvalue weighted by atomic mass is 9.95. The Hall–Kier alpha value is -1.53. The topological polar surface area (TPSA) is 50.1 Å². The monoisotopic (exact) mass is 251 g/mol. The number of carbonyl (C=O) groups is 1. The van der Waals surface area contributed by atoms with Crippen molar-refractivity contribution in [2.45, 2.75) is 25.6 Å². The largest absolute Gasteiger partial charge is 0.469 e. The quantitative estimate of drug-likeness (QED) is 0.610. The zero-order chi connectivity index (χ0) is 12.8. The molecule has 0 aromatic heterocycles. The van der Waals surface area contributed by atoms with Gasteiger partial charge in [0.15, 0.2) is 0 Å². The Labute approximate surface area is 106 Å². The Kier molecular flexibility index (Phi) is 4.99. The summed E-state index contributed by atoms with van der Waals surface area (Å²) in [4.78, 5) is 11.3. The minimum absolute atomic E-state index is 0.180. The molecule has 0 radical (unpaired) electrons. The van der Waals surface area contributed by atoms with Crippen LogP contribution in [0.15, 0.2) is 12.1 Å². The van der Waals surface area contributed by atoms with Crippen molar-refractivity contribution >= 4 is 17.6 Å². The van der Waals surface area contributed by atoms with Gasteiger partial charge in [-0.15, -0.1) is 11.6 Å². The minimum atomic E-state index is -0.310. The molecule has 0 heterocycles. The molecule has 0 atom stereocenters. The second-order valence-corrected chi connectivity index (χ2v) is 3.90. The van der Waals surface area contributed by atoms with Gasteiger partial charge in [-0.05, 0) is 29.2 Å². The molecule has 0 aliphatic rings. The molecule has 0 unspecified atom stereocenters. The number of alkyl halides is 1. The van der Waals surface area contributed by atoms with E-state index in [4.69, 9.17) is 16.9 Å². The Balaban J connectivity index is 3.25. The van der Waals surface area contributed by atoms with Crippen LogP contribution in [0.5, 0.6) is 0 Å². The molecule has 0 saturated heterocycles. The number of nitriles is 1. The maximum absolute atomic E-state index is 11.3. The summed E-state index contributed by atoms with van der Waals surface area (Å²) >= 11 is 5.77. The lowest BCUT2D eigenvalue weighted by molar-refractivity contribution is -0.139. The molecular weight excluding hydrogens is 238 g/mol. The molecule has 0 amide bonds. The van der Waals surface area contributed by atoms with Crippen LogP contribution in [0, 0.1) is 11.3 Å². The number of ether oxygens (including phenoxy) is 1. The molecule has 90 valence electrons. The molecule has 0 N–H and O–H groups in total. The van der Waals surface area contributed by atoms with Crippen molar-refractivity contribution in [1.29, 1.82) is 5.26 Å². The molecule has 3 nitrogen and oxygen atoms in total. The second-order valence-electron chi connectivity index (χ2n) is 3.63. The van der Waals surface area contributed by atoms with Crippen LogP contribution in [0.1, 0.15) is 29.2 Å². The van der Waals surface area contributed by atoms with Crippen LogP contribution in [0.25, 0.3) is 0 Å². The first-order valence-corrected chi connectivity index (χ1v) is 5.87. The number of nitrogens with zero attached hydrogens (tertiary/aromatic N) is 1. The number of benzene rings is 1. The lowest BCUT2D eigenvalue weighted by Gasteiger charge is -2.11. The molecule has 1 rings (SSSR count). The van der Waals surface area contributed by atoms with Crippen molar-refractivity contribution in [2.24, 2.45) is 0 Å². The van der Waals surface area contributed by atoms with Crippen LogP contribution in [0.4, 0.5) is 0 Å². The van der Waals surface area contributed by atoms with Gasteiger partial charge in [0.05, 0.1) is 25.2 Å². The number of methoxy groups -OCH3 is 1. The van der Waals surface area contributed by atoms with E-state index in [9.17, 15) is 4.79 Å². The third-order valence-corrected chi connectivity index (χ3v) is 2.90. The van der Waals surface area contributed by atoms with E-state index in [1.807, 2.05) is 13.0 Å². The van der Waals surface area contributed by atoms with Crippen LogP contribution < -0.4 is 0 Å². The predicted octanol–water partition coefficient (Wildman–Crippen LogP) is 2.57. The van der Waals surface area contributed by atoms with Crippen molar-refractivity contribution in [3.63, 3.8) is 0 Å². The van der Waals surface area contributed by atoms with Gasteiger partial charge in [0.1, 0.15) is 0 Å². The molecule has 0 aliphatic carbocycles. The maximum Gasteiger partial charge on any atom is 0.309 e. The van der Waals surface area contributed by atoms with Gasteiger partial charge in [-0.25, -0.2) is 0 Å². The van der Waals surface area contributed by atoms with Crippen molar-refractivity contribution in [1.82, 2.24) is 0 Å². The highest BCUT2D eigenvalue weighted by Gasteiger charge is 2.12. The Bertz CT molecular complexity index is 463. The highest BCUT2D eigenvalue weighted by molar-refractivity contribution is 6.17. The fraction of sp³-hybridized carbons (Fsp3) is 0.385. The maximum atomic E-state index is 11.3. The third kappa shape index (κ3) is 3.21. The summed E-state index contributed by atoms with van der Waals surface area (Å²) in [6, 6.07) is 5.78. The van der Waals surface area contributed by atoms with Gasteiger partial charge in [-0.1, -0.05) is 13.0 Å². The molecular formula is C13H14ClNO2. The summed E-state index contributed by atoms with van der Waals surface area (Å²) in [6.45, 7) is 1.96. The highest BCUT2D eigenvalue weighted by Crippen LogP contribution is 2.20. The zero-order valence-electron chi connectivity index (χ0n) is 9.92. The molecule has 17 heavy (non-hydrogen) atoms. The van der Waals surface area contributed by atoms with Crippen LogP contribution in [0.2, 0.25) is 0 Å².